The molecule has 0 aliphatic rings. The maximum Gasteiger partial charge on any atom is 0.271 e. The molecule has 1 amide bonds. The summed E-state index contributed by atoms with van der Waals surface area (Å²) < 4.78 is 11.0. The monoisotopic (exact) mass is 356 g/mol. The largest absolute Gasteiger partial charge is 0.493 e. The molecule has 0 heterocycles. The Kier molecular flexibility index (Phi) is 6.32. The molecule has 7 nitrogen and oxygen atoms in total. The molecule has 1 unspecified atom stereocenters. The molecule has 0 aromatic heterocycles. The summed E-state index contributed by atoms with van der Waals surface area (Å²) in [6.45, 7) is 5.28. The van der Waals surface area contributed by atoms with Crippen LogP contribution in [-0.4, -0.2) is 24.0 Å². The quantitative estimate of drug-likeness (QED) is 0.442. The predicted octanol–water partition coefficient (Wildman–Crippen LogP) is 3.74. The van der Waals surface area contributed by atoms with Crippen LogP contribution in [0.5, 0.6) is 11.5 Å². The number of anilines is 1. The van der Waals surface area contributed by atoms with Gasteiger partial charge in [-0.3, -0.25) is 14.9 Å². The molecule has 0 fully saturated rings. The lowest BCUT2D eigenvalue weighted by molar-refractivity contribution is -0.384. The fourth-order valence-corrected chi connectivity index (χ4v) is 2.29. The summed E-state index contributed by atoms with van der Waals surface area (Å²) in [7, 11) is 1.52. The first-order valence-electron chi connectivity index (χ1n) is 7.94. The predicted molar refractivity (Wildman–Crippen MR) is 98.7 cm³/mol. The molecular formula is C19H20N2O5. The standard InChI is InChI=1S/C19H20N2O5/c1-4-6-14-9-10-17(18(11-14)25-3)26-13(2)19(22)20-15-7-5-8-16(12-15)21(23)24/h4-5,7-13H,1,6H2,2-3H3,(H,20,22). The summed E-state index contributed by atoms with van der Waals surface area (Å²) in [5, 5.41) is 13.4. The number of non-ortho nitro benzene ring substituents is 1. The first kappa shape index (κ1) is 19.0. The number of hydrogen-bond acceptors (Lipinski definition) is 5. The number of nitro benzene ring substituents is 1. The first-order valence-corrected chi connectivity index (χ1v) is 7.94. The van der Waals surface area contributed by atoms with Gasteiger partial charge in [0.15, 0.2) is 17.6 Å². The molecule has 0 bridgehead atoms. The van der Waals surface area contributed by atoms with E-state index in [9.17, 15) is 14.9 Å². The summed E-state index contributed by atoms with van der Waals surface area (Å²) >= 11 is 0. The number of benzene rings is 2. The number of carbonyl (C=O) groups excluding carboxylic acids is 1. The second kappa shape index (κ2) is 8.66. The van der Waals surface area contributed by atoms with Crippen LogP contribution in [0.3, 0.4) is 0 Å². The van der Waals surface area contributed by atoms with Gasteiger partial charge in [-0.15, -0.1) is 6.58 Å². The Hall–Kier alpha value is -3.35. The molecule has 0 spiro atoms. The fourth-order valence-electron chi connectivity index (χ4n) is 2.29. The molecule has 7 heteroatoms. The fraction of sp³-hybridized carbons (Fsp3) is 0.211. The molecule has 2 aromatic rings. The van der Waals surface area contributed by atoms with Gasteiger partial charge in [0.05, 0.1) is 12.0 Å². The molecule has 2 aromatic carbocycles. The number of nitrogens with one attached hydrogen (secondary N) is 1. The van der Waals surface area contributed by atoms with Gasteiger partial charge in [0.1, 0.15) is 0 Å². The first-order chi connectivity index (χ1) is 12.4. The Morgan fingerprint density at radius 3 is 2.73 bits per heavy atom. The van der Waals surface area contributed by atoms with Crippen LogP contribution in [0, 0.1) is 10.1 Å². The van der Waals surface area contributed by atoms with Crippen LogP contribution in [0.25, 0.3) is 0 Å². The van der Waals surface area contributed by atoms with E-state index in [1.54, 1.807) is 25.1 Å². The maximum atomic E-state index is 12.3. The van der Waals surface area contributed by atoms with Crippen LogP contribution < -0.4 is 14.8 Å². The van der Waals surface area contributed by atoms with E-state index in [1.807, 2.05) is 12.1 Å². The molecule has 2 rings (SSSR count). The van der Waals surface area contributed by atoms with Crippen LogP contribution in [-0.2, 0) is 11.2 Å². The van der Waals surface area contributed by atoms with Crippen molar-refractivity contribution in [3.63, 3.8) is 0 Å². The van der Waals surface area contributed by atoms with Gasteiger partial charge in [0.25, 0.3) is 11.6 Å². The Balaban J connectivity index is 2.08. The molecular weight excluding hydrogens is 336 g/mol. The second-order valence-electron chi connectivity index (χ2n) is 5.53. The Labute approximate surface area is 151 Å². The zero-order chi connectivity index (χ0) is 19.1. The van der Waals surface area contributed by atoms with Gasteiger partial charge in [-0.25, -0.2) is 0 Å². The van der Waals surface area contributed by atoms with Crippen LogP contribution in [0.4, 0.5) is 11.4 Å². The van der Waals surface area contributed by atoms with E-state index in [0.29, 0.717) is 23.6 Å². The van der Waals surface area contributed by atoms with Crippen LogP contribution in [0.15, 0.2) is 55.1 Å². The Bertz CT molecular complexity index is 819. The van der Waals surface area contributed by atoms with Gasteiger partial charge < -0.3 is 14.8 Å². The average molecular weight is 356 g/mol. The molecule has 0 radical (unpaired) electrons. The highest BCUT2D eigenvalue weighted by molar-refractivity contribution is 5.94. The lowest BCUT2D eigenvalue weighted by atomic mass is 10.1. The van der Waals surface area contributed by atoms with Crippen LogP contribution in [0.2, 0.25) is 0 Å². The summed E-state index contributed by atoms with van der Waals surface area (Å²) in [5.41, 5.74) is 1.24. The van der Waals surface area contributed by atoms with Crippen LogP contribution >= 0.6 is 0 Å². The number of rotatable bonds is 8. The van der Waals surface area contributed by atoms with Gasteiger partial charge in [-0.05, 0) is 37.1 Å². The normalized spacial score (nSPS) is 11.3. The number of amides is 1. The second-order valence-corrected chi connectivity index (χ2v) is 5.53. The van der Waals surface area contributed by atoms with E-state index >= 15 is 0 Å². The SMILES string of the molecule is C=CCc1ccc(OC(C)C(=O)Nc2cccc([N+](=O)[O-])c2)c(OC)c1. The lowest BCUT2D eigenvalue weighted by Gasteiger charge is -2.17. The van der Waals surface area contributed by atoms with Gasteiger partial charge in [0.2, 0.25) is 0 Å². The third kappa shape index (κ3) is 4.83. The topological polar surface area (TPSA) is 90.7 Å². The zero-order valence-electron chi connectivity index (χ0n) is 14.6. The molecule has 0 saturated carbocycles. The highest BCUT2D eigenvalue weighted by Gasteiger charge is 2.18. The van der Waals surface area contributed by atoms with Gasteiger partial charge in [0, 0.05) is 17.8 Å². The Morgan fingerprint density at radius 1 is 1.31 bits per heavy atom. The van der Waals surface area contributed by atoms with Gasteiger partial charge in [-0.2, -0.15) is 0 Å². The minimum absolute atomic E-state index is 0.101. The van der Waals surface area contributed by atoms with Crippen molar-refractivity contribution in [2.45, 2.75) is 19.4 Å². The van der Waals surface area contributed by atoms with E-state index in [1.165, 1.54) is 25.3 Å². The Morgan fingerprint density at radius 2 is 2.08 bits per heavy atom. The molecule has 0 saturated heterocycles. The third-order valence-corrected chi connectivity index (χ3v) is 3.61. The number of ether oxygens (including phenoxy) is 2. The zero-order valence-corrected chi connectivity index (χ0v) is 14.6. The molecule has 1 N–H and O–H groups in total. The van der Waals surface area contributed by atoms with E-state index in [0.717, 1.165) is 5.56 Å². The number of carbonyl (C=O) groups is 1. The number of hydrogen-bond donors (Lipinski definition) is 1. The minimum atomic E-state index is -0.826. The van der Waals surface area contributed by atoms with E-state index in [2.05, 4.69) is 11.9 Å². The van der Waals surface area contributed by atoms with Crippen molar-refractivity contribution < 1.29 is 19.2 Å². The smallest absolute Gasteiger partial charge is 0.271 e. The summed E-state index contributed by atoms with van der Waals surface area (Å²) in [5.74, 6) is 0.518. The molecule has 26 heavy (non-hydrogen) atoms. The average Bonchev–Trinajstić information content (AvgIpc) is 2.63. The number of methoxy groups -OCH3 is 1. The highest BCUT2D eigenvalue weighted by Crippen LogP contribution is 2.29. The molecule has 136 valence electrons. The van der Waals surface area contributed by atoms with E-state index in [4.69, 9.17) is 9.47 Å². The van der Waals surface area contributed by atoms with Gasteiger partial charge in [-0.1, -0.05) is 18.2 Å². The van der Waals surface area contributed by atoms with Crippen molar-refractivity contribution in [1.82, 2.24) is 0 Å². The molecule has 0 aliphatic carbocycles. The third-order valence-electron chi connectivity index (χ3n) is 3.61. The minimum Gasteiger partial charge on any atom is -0.493 e. The summed E-state index contributed by atoms with van der Waals surface area (Å²) in [6.07, 6.45) is 1.65. The van der Waals surface area contributed by atoms with E-state index < -0.39 is 16.9 Å². The number of nitro groups is 1. The summed E-state index contributed by atoms with van der Waals surface area (Å²) in [4.78, 5) is 22.6. The number of nitrogens with zero attached hydrogens (tertiary/aromatic N) is 1. The lowest BCUT2D eigenvalue weighted by Crippen LogP contribution is -2.30. The van der Waals surface area contributed by atoms with Crippen molar-refractivity contribution in [2.75, 3.05) is 12.4 Å². The van der Waals surface area contributed by atoms with Crippen molar-refractivity contribution in [3.8, 4) is 11.5 Å². The van der Waals surface area contributed by atoms with E-state index in [-0.39, 0.29) is 5.69 Å². The highest BCUT2D eigenvalue weighted by atomic mass is 16.6. The maximum absolute atomic E-state index is 12.3. The van der Waals surface area contributed by atoms with Crippen molar-refractivity contribution in [3.05, 3.63) is 70.8 Å². The molecule has 1 atom stereocenters. The van der Waals surface area contributed by atoms with Crippen molar-refractivity contribution >= 4 is 17.3 Å². The van der Waals surface area contributed by atoms with Gasteiger partial charge >= 0.3 is 0 Å². The number of allylic oxidation sites excluding steroid dienone is 1. The molecule has 0 aliphatic heterocycles. The van der Waals surface area contributed by atoms with Crippen LogP contribution in [0.1, 0.15) is 12.5 Å². The van der Waals surface area contributed by atoms with Crippen molar-refractivity contribution in [1.29, 1.82) is 0 Å². The van der Waals surface area contributed by atoms with Crippen molar-refractivity contribution in [2.24, 2.45) is 0 Å². The summed E-state index contributed by atoms with van der Waals surface area (Å²) in [6, 6.07) is 11.1.